The number of rotatable bonds is 4. The molecule has 0 N–H and O–H groups in total. The SMILES string of the molecule is CC(C)=CC=P(C1CCCC1)(C1CCCC1)C1CCCC1. The zero-order valence-corrected chi connectivity index (χ0v) is 15.2. The Labute approximate surface area is 132 Å². The molecule has 3 aliphatic rings. The predicted octanol–water partition coefficient (Wildman–Crippen LogP) is 6.60. The highest BCUT2D eigenvalue weighted by Gasteiger charge is 2.43. The molecule has 3 rings (SSSR count). The first-order valence-corrected chi connectivity index (χ1v) is 11.7. The van der Waals surface area contributed by atoms with Gasteiger partial charge in [0, 0.05) is 0 Å². The van der Waals surface area contributed by atoms with Gasteiger partial charge in [-0.1, -0.05) is 62.9 Å². The fraction of sp³-hybridized carbons (Fsp3) is 0.850. The molecule has 0 aliphatic heterocycles. The zero-order valence-electron chi connectivity index (χ0n) is 14.3. The molecule has 0 aromatic rings. The van der Waals surface area contributed by atoms with Crippen LogP contribution in [0.1, 0.15) is 90.9 Å². The van der Waals surface area contributed by atoms with Crippen LogP contribution in [0.2, 0.25) is 0 Å². The fourth-order valence-corrected chi connectivity index (χ4v) is 12.4. The van der Waals surface area contributed by atoms with Crippen LogP contribution >= 0.6 is 6.89 Å². The first kappa shape index (κ1) is 15.9. The van der Waals surface area contributed by atoms with Crippen LogP contribution in [0.5, 0.6) is 0 Å². The Morgan fingerprint density at radius 3 is 1.29 bits per heavy atom. The summed E-state index contributed by atoms with van der Waals surface area (Å²) in [5, 5.41) is 0. The normalized spacial score (nSPS) is 25.6. The summed E-state index contributed by atoms with van der Waals surface area (Å²) in [4.78, 5) is 0. The average molecular weight is 306 g/mol. The first-order valence-electron chi connectivity index (χ1n) is 9.60. The Morgan fingerprint density at radius 2 is 1.00 bits per heavy atom. The molecule has 120 valence electrons. The molecule has 3 saturated carbocycles. The monoisotopic (exact) mass is 306 g/mol. The second kappa shape index (κ2) is 7.08. The summed E-state index contributed by atoms with van der Waals surface area (Å²) in [6.45, 7) is 3.70. The highest BCUT2D eigenvalue weighted by molar-refractivity contribution is 7.77. The van der Waals surface area contributed by atoms with Crippen molar-refractivity contribution in [2.75, 3.05) is 0 Å². The van der Waals surface area contributed by atoms with Gasteiger partial charge in [-0.25, -0.2) is 0 Å². The van der Waals surface area contributed by atoms with Gasteiger partial charge in [0.1, 0.15) is 0 Å². The van der Waals surface area contributed by atoms with Crippen LogP contribution in [0.3, 0.4) is 0 Å². The Bertz CT molecular complexity index is 362. The van der Waals surface area contributed by atoms with E-state index in [1.807, 2.05) is 0 Å². The van der Waals surface area contributed by atoms with Crippen molar-refractivity contribution in [3.05, 3.63) is 11.6 Å². The molecule has 0 radical (unpaired) electrons. The van der Waals surface area contributed by atoms with Crippen LogP contribution in [0.15, 0.2) is 11.6 Å². The lowest BCUT2D eigenvalue weighted by Crippen LogP contribution is -2.24. The second-order valence-electron chi connectivity index (χ2n) is 8.10. The van der Waals surface area contributed by atoms with Gasteiger partial charge in [0.25, 0.3) is 0 Å². The van der Waals surface area contributed by atoms with Crippen LogP contribution in [0.4, 0.5) is 0 Å². The van der Waals surface area contributed by atoms with E-state index < -0.39 is 6.89 Å². The van der Waals surface area contributed by atoms with Crippen LogP contribution in [-0.2, 0) is 0 Å². The third-order valence-electron chi connectivity index (χ3n) is 6.54. The quantitative estimate of drug-likeness (QED) is 0.513. The van der Waals surface area contributed by atoms with E-state index in [1.165, 1.54) is 44.1 Å². The molecular weight excluding hydrogens is 271 g/mol. The van der Waals surface area contributed by atoms with Crippen molar-refractivity contribution in [2.45, 2.75) is 108 Å². The van der Waals surface area contributed by atoms with Crippen molar-refractivity contribution in [1.82, 2.24) is 0 Å². The fourth-order valence-electron chi connectivity index (χ4n) is 5.59. The molecule has 3 aliphatic carbocycles. The Balaban J connectivity index is 2.03. The number of hydrogen-bond acceptors (Lipinski definition) is 0. The molecule has 0 nitrogen and oxygen atoms in total. The molecule has 0 bridgehead atoms. The third kappa shape index (κ3) is 3.21. The van der Waals surface area contributed by atoms with Crippen LogP contribution in [-0.4, -0.2) is 22.8 Å². The van der Waals surface area contributed by atoms with Gasteiger partial charge in [0.15, 0.2) is 0 Å². The summed E-state index contributed by atoms with van der Waals surface area (Å²) in [6, 6.07) is 0. The van der Waals surface area contributed by atoms with E-state index in [2.05, 4.69) is 25.7 Å². The molecule has 0 aromatic heterocycles. The lowest BCUT2D eigenvalue weighted by Gasteiger charge is -2.43. The van der Waals surface area contributed by atoms with Crippen LogP contribution < -0.4 is 0 Å². The largest absolute Gasteiger partial charge is 0.0960 e. The predicted molar refractivity (Wildman–Crippen MR) is 99.2 cm³/mol. The maximum absolute atomic E-state index is 2.87. The Kier molecular flexibility index (Phi) is 5.36. The van der Waals surface area contributed by atoms with Crippen molar-refractivity contribution >= 4 is 12.7 Å². The van der Waals surface area contributed by atoms with Gasteiger partial charge >= 0.3 is 0 Å². The van der Waals surface area contributed by atoms with Crippen molar-refractivity contribution < 1.29 is 0 Å². The van der Waals surface area contributed by atoms with Crippen molar-refractivity contribution in [1.29, 1.82) is 0 Å². The molecule has 3 fully saturated rings. The third-order valence-corrected chi connectivity index (χ3v) is 12.5. The molecule has 0 aromatic carbocycles. The molecule has 1 heteroatoms. The molecule has 0 unspecified atom stereocenters. The van der Waals surface area contributed by atoms with E-state index in [-0.39, 0.29) is 0 Å². The number of hydrogen-bond donors (Lipinski definition) is 0. The summed E-state index contributed by atoms with van der Waals surface area (Å²) in [6.07, 6.45) is 21.1. The number of allylic oxidation sites excluding steroid dienone is 2. The molecule has 0 heterocycles. The summed E-state index contributed by atoms with van der Waals surface area (Å²) in [5.41, 5.74) is 4.85. The summed E-state index contributed by atoms with van der Waals surface area (Å²) < 4.78 is 0. The van der Waals surface area contributed by atoms with Crippen LogP contribution in [0.25, 0.3) is 0 Å². The van der Waals surface area contributed by atoms with Crippen molar-refractivity contribution in [2.24, 2.45) is 0 Å². The maximum atomic E-state index is 2.87. The summed E-state index contributed by atoms with van der Waals surface area (Å²) >= 11 is 0. The van der Waals surface area contributed by atoms with Gasteiger partial charge in [0.05, 0.1) is 0 Å². The first-order chi connectivity index (χ1) is 10.2. The van der Waals surface area contributed by atoms with E-state index >= 15 is 0 Å². The van der Waals surface area contributed by atoms with Gasteiger partial charge in [-0.05, 0) is 69.3 Å². The molecule has 0 atom stereocenters. The second-order valence-corrected chi connectivity index (χ2v) is 12.4. The minimum atomic E-state index is -0.894. The van der Waals surface area contributed by atoms with Gasteiger partial charge in [0.2, 0.25) is 0 Å². The van der Waals surface area contributed by atoms with Gasteiger partial charge in [-0.2, -0.15) is 0 Å². The van der Waals surface area contributed by atoms with Gasteiger partial charge in [-0.3, -0.25) is 0 Å². The van der Waals surface area contributed by atoms with E-state index in [0.29, 0.717) is 0 Å². The van der Waals surface area contributed by atoms with E-state index in [0.717, 1.165) is 17.0 Å². The minimum Gasteiger partial charge on any atom is -0.0960 e. The topological polar surface area (TPSA) is 0 Å². The molecule has 0 amide bonds. The average Bonchev–Trinajstić information content (AvgIpc) is 3.24. The smallest absolute Gasteiger partial charge is 0.0205 e. The van der Waals surface area contributed by atoms with E-state index in [1.54, 1.807) is 38.5 Å². The standard InChI is InChI=1S/C20H35P/c1-17(2)15-16-21(18-9-3-4-10-18,19-11-5-6-12-19)20-13-7-8-14-20/h15-16,18-20H,3-14H2,1-2H3. The molecule has 0 saturated heterocycles. The Hall–Kier alpha value is 0.0400. The zero-order chi connectivity index (χ0) is 14.7. The molecule has 0 spiro atoms. The van der Waals surface area contributed by atoms with E-state index in [9.17, 15) is 0 Å². The van der Waals surface area contributed by atoms with Gasteiger partial charge < -0.3 is 0 Å². The highest BCUT2D eigenvalue weighted by atomic mass is 31.2. The molecular formula is C20H35P. The minimum absolute atomic E-state index is 0.894. The summed E-state index contributed by atoms with van der Waals surface area (Å²) in [5.74, 6) is 2.87. The van der Waals surface area contributed by atoms with Crippen molar-refractivity contribution in [3.63, 3.8) is 0 Å². The van der Waals surface area contributed by atoms with Gasteiger partial charge in [-0.15, -0.1) is 0 Å². The highest BCUT2D eigenvalue weighted by Crippen LogP contribution is 2.70. The van der Waals surface area contributed by atoms with E-state index in [4.69, 9.17) is 0 Å². The lowest BCUT2D eigenvalue weighted by molar-refractivity contribution is 0.771. The Morgan fingerprint density at radius 1 is 0.667 bits per heavy atom. The van der Waals surface area contributed by atoms with Crippen LogP contribution in [0, 0.1) is 0 Å². The summed E-state index contributed by atoms with van der Waals surface area (Å²) in [7, 11) is 0. The molecule has 21 heavy (non-hydrogen) atoms. The van der Waals surface area contributed by atoms with Crippen molar-refractivity contribution in [3.8, 4) is 0 Å². The maximum Gasteiger partial charge on any atom is -0.0205 e. The lowest BCUT2D eigenvalue weighted by atomic mass is 10.3.